The topological polar surface area (TPSA) is 104 Å². The number of ether oxygens (including phenoxy) is 1. The number of rotatable bonds is 3. The van der Waals surface area contributed by atoms with Crippen LogP contribution in [0.2, 0.25) is 0 Å². The predicted molar refractivity (Wildman–Crippen MR) is 104 cm³/mol. The third kappa shape index (κ3) is 3.03. The first kappa shape index (κ1) is 20.8. The molecule has 2 aromatic rings. The fourth-order valence-corrected chi connectivity index (χ4v) is 3.98. The van der Waals surface area contributed by atoms with Gasteiger partial charge in [-0.1, -0.05) is 6.07 Å². The lowest BCUT2D eigenvalue weighted by Gasteiger charge is -2.50. The van der Waals surface area contributed by atoms with Crippen molar-refractivity contribution in [3.8, 4) is 5.75 Å². The highest BCUT2D eigenvalue weighted by Crippen LogP contribution is 2.34. The number of hydrogen-bond donors (Lipinski definition) is 2. The standard InChI is InChI=1S/C20H20F2N4O5/c1-24-19(30)15-17(28)16(27)12(9-26(15)25(2)20(24)6-7-31-10-20)18(29)23-8-11-13(21)4-3-5-14(11)22/h3-5,9,28H,6-8,10H2,1-2H3,(H,23,29). The van der Waals surface area contributed by atoms with Crippen molar-refractivity contribution in [3.05, 3.63) is 63.1 Å². The number of carbonyl (C=O) groups is 2. The molecule has 1 unspecified atom stereocenters. The summed E-state index contributed by atoms with van der Waals surface area (Å²) in [6.07, 6.45) is 1.61. The van der Waals surface area contributed by atoms with E-state index in [9.17, 15) is 28.3 Å². The lowest BCUT2D eigenvalue weighted by Crippen LogP contribution is -2.68. The summed E-state index contributed by atoms with van der Waals surface area (Å²) in [7, 11) is 3.19. The summed E-state index contributed by atoms with van der Waals surface area (Å²) in [5, 5.41) is 14.3. The largest absolute Gasteiger partial charge is 0.502 e. The molecule has 9 nitrogen and oxygen atoms in total. The molecule has 1 aromatic heterocycles. The summed E-state index contributed by atoms with van der Waals surface area (Å²) < 4.78 is 34.3. The van der Waals surface area contributed by atoms with E-state index in [1.165, 1.54) is 15.6 Å². The maximum Gasteiger partial charge on any atom is 0.278 e. The van der Waals surface area contributed by atoms with Gasteiger partial charge in [0.05, 0.1) is 13.2 Å². The van der Waals surface area contributed by atoms with Crippen LogP contribution < -0.4 is 15.8 Å². The molecule has 4 rings (SSSR count). The summed E-state index contributed by atoms with van der Waals surface area (Å²) in [5.41, 5.74) is -3.04. The van der Waals surface area contributed by atoms with Gasteiger partial charge in [-0.15, -0.1) is 0 Å². The third-order valence-electron chi connectivity index (χ3n) is 5.93. The number of aromatic hydroxyl groups is 1. The monoisotopic (exact) mass is 434 g/mol. The Bertz CT molecular complexity index is 1120. The number of amides is 2. The van der Waals surface area contributed by atoms with Gasteiger partial charge in [-0.25, -0.2) is 8.78 Å². The van der Waals surface area contributed by atoms with Gasteiger partial charge in [0.2, 0.25) is 5.43 Å². The van der Waals surface area contributed by atoms with Gasteiger partial charge in [0.15, 0.2) is 17.1 Å². The fraction of sp³-hybridized carbons (Fsp3) is 0.350. The lowest BCUT2D eigenvalue weighted by molar-refractivity contribution is 0.0330. The molecule has 1 saturated heterocycles. The molecular weight excluding hydrogens is 414 g/mol. The Morgan fingerprint density at radius 2 is 1.94 bits per heavy atom. The maximum absolute atomic E-state index is 13.8. The summed E-state index contributed by atoms with van der Waals surface area (Å²) in [4.78, 5) is 39.6. The van der Waals surface area contributed by atoms with E-state index in [2.05, 4.69) is 5.32 Å². The van der Waals surface area contributed by atoms with Crippen molar-refractivity contribution in [3.63, 3.8) is 0 Å². The first-order valence-corrected chi connectivity index (χ1v) is 9.49. The number of aromatic nitrogens is 1. The molecule has 2 amide bonds. The van der Waals surface area contributed by atoms with Crippen LogP contribution in [0.4, 0.5) is 8.78 Å². The predicted octanol–water partition coefficient (Wildman–Crippen LogP) is 0.532. The average Bonchev–Trinajstić information content (AvgIpc) is 3.23. The highest BCUT2D eigenvalue weighted by atomic mass is 19.1. The van der Waals surface area contributed by atoms with E-state index in [4.69, 9.17) is 4.74 Å². The van der Waals surface area contributed by atoms with Gasteiger partial charge in [0, 0.05) is 38.8 Å². The van der Waals surface area contributed by atoms with Crippen LogP contribution in [0.3, 0.4) is 0 Å². The maximum atomic E-state index is 13.8. The molecule has 2 aliphatic rings. The fourth-order valence-electron chi connectivity index (χ4n) is 3.98. The molecule has 1 spiro atoms. The first-order chi connectivity index (χ1) is 14.7. The Hall–Kier alpha value is -3.47. The summed E-state index contributed by atoms with van der Waals surface area (Å²) >= 11 is 0. The van der Waals surface area contributed by atoms with Crippen LogP contribution in [0.15, 0.2) is 29.2 Å². The first-order valence-electron chi connectivity index (χ1n) is 9.49. The normalized spacial score (nSPS) is 20.3. The Labute approximate surface area is 175 Å². The van der Waals surface area contributed by atoms with Crippen molar-refractivity contribution < 1.29 is 28.2 Å². The van der Waals surface area contributed by atoms with E-state index < -0.39 is 52.4 Å². The SMILES string of the molecule is CN1C(=O)c2c(O)c(=O)c(C(=O)NCc3c(F)cccc3F)cn2N(C)C12CCOC2. The van der Waals surface area contributed by atoms with Crippen molar-refractivity contribution in [2.45, 2.75) is 18.6 Å². The summed E-state index contributed by atoms with van der Waals surface area (Å²) in [6.45, 7) is 0.103. The molecule has 1 fully saturated rings. The van der Waals surface area contributed by atoms with Gasteiger partial charge in [0.1, 0.15) is 17.2 Å². The van der Waals surface area contributed by atoms with E-state index in [0.29, 0.717) is 13.0 Å². The number of pyridine rings is 1. The van der Waals surface area contributed by atoms with Crippen LogP contribution in [-0.4, -0.2) is 59.5 Å². The molecule has 0 bridgehead atoms. The molecule has 11 heteroatoms. The van der Waals surface area contributed by atoms with E-state index >= 15 is 0 Å². The lowest BCUT2D eigenvalue weighted by atomic mass is 10.0. The van der Waals surface area contributed by atoms with Crippen molar-refractivity contribution in [1.29, 1.82) is 0 Å². The van der Waals surface area contributed by atoms with Gasteiger partial charge in [0.25, 0.3) is 11.8 Å². The highest BCUT2D eigenvalue weighted by Gasteiger charge is 2.50. The Morgan fingerprint density at radius 3 is 2.55 bits per heavy atom. The second-order valence-electron chi connectivity index (χ2n) is 7.47. The molecule has 0 saturated carbocycles. The Balaban J connectivity index is 1.72. The third-order valence-corrected chi connectivity index (χ3v) is 5.93. The number of carbonyl (C=O) groups excluding carboxylic acids is 2. The highest BCUT2D eigenvalue weighted by molar-refractivity contribution is 5.99. The molecule has 164 valence electrons. The van der Waals surface area contributed by atoms with Crippen LogP contribution in [0, 0.1) is 11.6 Å². The molecule has 2 aliphatic heterocycles. The molecule has 2 N–H and O–H groups in total. The van der Waals surface area contributed by atoms with Crippen molar-refractivity contribution in [2.75, 3.05) is 32.3 Å². The van der Waals surface area contributed by atoms with Crippen molar-refractivity contribution >= 4 is 11.8 Å². The number of nitrogens with one attached hydrogen (secondary N) is 1. The van der Waals surface area contributed by atoms with E-state index in [-0.39, 0.29) is 17.9 Å². The van der Waals surface area contributed by atoms with Crippen LogP contribution in [-0.2, 0) is 11.3 Å². The van der Waals surface area contributed by atoms with E-state index in [0.717, 1.165) is 18.3 Å². The number of halogens is 2. The van der Waals surface area contributed by atoms with E-state index in [1.807, 2.05) is 0 Å². The number of fused-ring (bicyclic) bond motifs is 1. The van der Waals surface area contributed by atoms with Gasteiger partial charge in [-0.2, -0.15) is 0 Å². The summed E-state index contributed by atoms with van der Waals surface area (Å²) in [5.74, 6) is -4.13. The number of nitrogens with zero attached hydrogens (tertiary/aromatic N) is 3. The molecule has 31 heavy (non-hydrogen) atoms. The molecule has 0 radical (unpaired) electrons. The van der Waals surface area contributed by atoms with E-state index in [1.54, 1.807) is 19.1 Å². The second-order valence-corrected chi connectivity index (χ2v) is 7.47. The Morgan fingerprint density at radius 1 is 1.26 bits per heavy atom. The van der Waals surface area contributed by atoms with Crippen molar-refractivity contribution in [2.24, 2.45) is 0 Å². The van der Waals surface area contributed by atoms with Crippen LogP contribution in [0.5, 0.6) is 5.75 Å². The smallest absolute Gasteiger partial charge is 0.278 e. The minimum absolute atomic E-state index is 0.201. The van der Waals surface area contributed by atoms with Crippen LogP contribution in [0.25, 0.3) is 0 Å². The molecular formula is C20H20F2N4O5. The van der Waals surface area contributed by atoms with Gasteiger partial charge >= 0.3 is 0 Å². The van der Waals surface area contributed by atoms with Gasteiger partial charge < -0.3 is 20.1 Å². The number of hydrogen-bond acceptors (Lipinski definition) is 6. The zero-order valence-corrected chi connectivity index (χ0v) is 16.8. The molecule has 1 aromatic carbocycles. The van der Waals surface area contributed by atoms with Crippen LogP contribution in [0.1, 0.15) is 32.8 Å². The quantitative estimate of drug-likeness (QED) is 0.731. The van der Waals surface area contributed by atoms with Crippen LogP contribution >= 0.6 is 0 Å². The summed E-state index contributed by atoms with van der Waals surface area (Å²) in [6, 6.07) is 3.28. The second kappa shape index (κ2) is 7.34. The van der Waals surface area contributed by atoms with Gasteiger partial charge in [-0.05, 0) is 12.1 Å². The number of likely N-dealkylation sites (N-methyl/N-ethyl adjacent to an activating group) is 2. The zero-order valence-electron chi connectivity index (χ0n) is 16.8. The van der Waals surface area contributed by atoms with Gasteiger partial charge in [-0.3, -0.25) is 24.1 Å². The molecule has 0 aliphatic carbocycles. The number of benzene rings is 1. The zero-order chi connectivity index (χ0) is 22.5. The Kier molecular flexibility index (Phi) is 4.92. The average molecular weight is 434 g/mol. The van der Waals surface area contributed by atoms with Crippen molar-refractivity contribution in [1.82, 2.24) is 14.9 Å². The molecule has 1 atom stereocenters. The molecule has 3 heterocycles. The minimum atomic E-state index is -1.06. The minimum Gasteiger partial charge on any atom is -0.502 e.